The first kappa shape index (κ1) is 11.2. The molecule has 6 heteroatoms. The Balaban J connectivity index is 2.27. The molecule has 0 spiro atoms. The molecule has 3 rings (SSSR count). The van der Waals surface area contributed by atoms with Crippen LogP contribution in [0.25, 0.3) is 0 Å². The second-order valence-corrected chi connectivity index (χ2v) is 4.32. The third-order valence-corrected chi connectivity index (χ3v) is 3.37. The van der Waals surface area contributed by atoms with Crippen LogP contribution in [-0.2, 0) is 27.4 Å². The van der Waals surface area contributed by atoms with Crippen molar-refractivity contribution in [3.8, 4) is 0 Å². The lowest BCUT2D eigenvalue weighted by Crippen LogP contribution is -2.33. The Morgan fingerprint density at radius 2 is 2.17 bits per heavy atom. The van der Waals surface area contributed by atoms with Gasteiger partial charge in [-0.1, -0.05) is 0 Å². The number of hydrogen-bond donors (Lipinski definition) is 0. The molecule has 1 aromatic rings. The van der Waals surface area contributed by atoms with Crippen molar-refractivity contribution in [1.82, 2.24) is 4.57 Å². The van der Waals surface area contributed by atoms with Gasteiger partial charge in [-0.15, -0.1) is 0 Å². The molecule has 0 bridgehead atoms. The summed E-state index contributed by atoms with van der Waals surface area (Å²) < 4.78 is 11.4. The predicted molar refractivity (Wildman–Crippen MR) is 59.2 cm³/mol. The molecule has 1 atom stereocenters. The number of aromatic nitrogens is 1. The first-order chi connectivity index (χ1) is 8.63. The first-order valence-corrected chi connectivity index (χ1v) is 5.62. The minimum atomic E-state index is -0.916. The summed E-state index contributed by atoms with van der Waals surface area (Å²) >= 11 is 0. The van der Waals surface area contributed by atoms with Crippen molar-refractivity contribution >= 4 is 11.8 Å². The molecule has 3 heterocycles. The zero-order valence-corrected chi connectivity index (χ0v) is 9.76. The lowest BCUT2D eigenvalue weighted by Gasteiger charge is -2.23. The zero-order valence-electron chi connectivity index (χ0n) is 9.76. The number of ether oxygens (including phenoxy) is 2. The van der Waals surface area contributed by atoms with Gasteiger partial charge < -0.3 is 14.0 Å². The second-order valence-electron chi connectivity index (χ2n) is 4.32. The zero-order chi connectivity index (χ0) is 12.9. The number of hydrogen-bond acceptors (Lipinski definition) is 5. The summed E-state index contributed by atoms with van der Waals surface area (Å²) in [6, 6.07) is 1.58. The van der Waals surface area contributed by atoms with Gasteiger partial charge in [0.2, 0.25) is 0 Å². The summed E-state index contributed by atoms with van der Waals surface area (Å²) in [6.07, 6.45) is -0.592. The number of pyridine rings is 1. The van der Waals surface area contributed by atoms with Crippen LogP contribution in [0.2, 0.25) is 0 Å². The molecule has 0 N–H and O–H groups in total. The molecule has 94 valence electrons. The van der Waals surface area contributed by atoms with E-state index >= 15 is 0 Å². The highest BCUT2D eigenvalue weighted by Gasteiger charge is 2.34. The van der Waals surface area contributed by atoms with Gasteiger partial charge in [0.15, 0.2) is 11.9 Å². The minimum Gasteiger partial charge on any atom is -0.458 e. The summed E-state index contributed by atoms with van der Waals surface area (Å²) in [5, 5.41) is 0. The molecule has 0 amide bonds. The quantitative estimate of drug-likeness (QED) is 0.664. The predicted octanol–water partition coefficient (Wildman–Crippen LogP) is 0.179. The number of ketones is 1. The third-order valence-electron chi connectivity index (χ3n) is 3.37. The Morgan fingerprint density at radius 1 is 1.39 bits per heavy atom. The Kier molecular flexibility index (Phi) is 2.34. The number of Topliss-reactive ketones (excluding diaryl/α,β-unsaturated/α-hetero) is 1. The average molecular weight is 249 g/mol. The molecule has 0 saturated heterocycles. The fraction of sp³-hybridized carbons (Fsp3) is 0.417. The summed E-state index contributed by atoms with van der Waals surface area (Å²) in [7, 11) is 1.37. The molecular formula is C12H11NO5. The SMILES string of the molecule is CO[C@@H]1C(=O)OCc2c1cc1n(c2=O)CCC1=O. The fourth-order valence-electron chi connectivity index (χ4n) is 2.45. The standard InChI is InChI=1S/C12H11NO5/c1-17-10-6-4-8-9(14)2-3-13(8)11(15)7(6)5-18-12(10)16/h4,10H,2-3,5H2,1H3/t10-/m0/s1. The van der Waals surface area contributed by atoms with Crippen LogP contribution < -0.4 is 5.56 Å². The number of cyclic esters (lactones) is 1. The topological polar surface area (TPSA) is 74.6 Å². The summed E-state index contributed by atoms with van der Waals surface area (Å²) in [5.74, 6) is -0.608. The molecule has 0 aliphatic carbocycles. The fourth-order valence-corrected chi connectivity index (χ4v) is 2.45. The molecule has 18 heavy (non-hydrogen) atoms. The summed E-state index contributed by atoms with van der Waals surface area (Å²) in [5.41, 5.74) is 0.957. The van der Waals surface area contributed by atoms with Gasteiger partial charge in [-0.05, 0) is 6.07 Å². The van der Waals surface area contributed by atoms with Gasteiger partial charge in [0.1, 0.15) is 6.61 Å². The van der Waals surface area contributed by atoms with Crippen LogP contribution in [-0.4, -0.2) is 23.4 Å². The van der Waals surface area contributed by atoms with Gasteiger partial charge in [0, 0.05) is 25.6 Å². The number of methoxy groups -OCH3 is 1. The van der Waals surface area contributed by atoms with Crippen LogP contribution in [0.15, 0.2) is 10.9 Å². The third kappa shape index (κ3) is 1.35. The van der Waals surface area contributed by atoms with E-state index in [1.165, 1.54) is 11.7 Å². The van der Waals surface area contributed by atoms with E-state index in [0.717, 1.165) is 0 Å². The highest BCUT2D eigenvalue weighted by molar-refractivity contribution is 5.96. The molecule has 0 radical (unpaired) electrons. The van der Waals surface area contributed by atoms with E-state index in [2.05, 4.69) is 0 Å². The van der Waals surface area contributed by atoms with E-state index in [1.54, 1.807) is 6.07 Å². The lowest BCUT2D eigenvalue weighted by atomic mass is 10.0. The number of carbonyl (C=O) groups is 2. The maximum atomic E-state index is 12.2. The molecule has 0 saturated carbocycles. The van der Waals surface area contributed by atoms with Crippen molar-refractivity contribution in [3.63, 3.8) is 0 Å². The second kappa shape index (κ2) is 3.78. The monoisotopic (exact) mass is 249 g/mol. The molecule has 0 fully saturated rings. The average Bonchev–Trinajstić information content (AvgIpc) is 2.72. The molecular weight excluding hydrogens is 238 g/mol. The Bertz CT molecular complexity index is 616. The van der Waals surface area contributed by atoms with Gasteiger partial charge in [0.25, 0.3) is 5.56 Å². The lowest BCUT2D eigenvalue weighted by molar-refractivity contribution is -0.159. The molecule has 0 unspecified atom stereocenters. The smallest absolute Gasteiger partial charge is 0.340 e. The van der Waals surface area contributed by atoms with E-state index in [-0.39, 0.29) is 17.9 Å². The minimum absolute atomic E-state index is 0.0542. The molecule has 2 aliphatic heterocycles. The van der Waals surface area contributed by atoms with Crippen molar-refractivity contribution in [2.24, 2.45) is 0 Å². The van der Waals surface area contributed by atoms with Crippen LogP contribution in [0.4, 0.5) is 0 Å². The van der Waals surface area contributed by atoms with E-state index in [9.17, 15) is 14.4 Å². The van der Waals surface area contributed by atoms with Gasteiger partial charge in [0.05, 0.1) is 11.3 Å². The summed E-state index contributed by atoms with van der Waals surface area (Å²) in [6.45, 7) is 0.340. The van der Waals surface area contributed by atoms with Gasteiger partial charge in [-0.2, -0.15) is 0 Å². The normalized spacial score (nSPS) is 21.5. The first-order valence-electron chi connectivity index (χ1n) is 5.62. The van der Waals surface area contributed by atoms with Gasteiger partial charge in [-0.25, -0.2) is 4.79 Å². The van der Waals surface area contributed by atoms with E-state index in [4.69, 9.17) is 9.47 Å². The van der Waals surface area contributed by atoms with Gasteiger partial charge in [-0.3, -0.25) is 9.59 Å². The van der Waals surface area contributed by atoms with Gasteiger partial charge >= 0.3 is 5.97 Å². The van der Waals surface area contributed by atoms with Crippen molar-refractivity contribution in [1.29, 1.82) is 0 Å². The van der Waals surface area contributed by atoms with E-state index < -0.39 is 12.1 Å². The largest absolute Gasteiger partial charge is 0.458 e. The molecule has 2 aliphatic rings. The number of esters is 1. The number of rotatable bonds is 1. The van der Waals surface area contributed by atoms with Crippen LogP contribution in [0, 0.1) is 0 Å². The highest BCUT2D eigenvalue weighted by Crippen LogP contribution is 2.28. The highest BCUT2D eigenvalue weighted by atomic mass is 16.6. The summed E-state index contributed by atoms with van der Waals surface area (Å²) in [4.78, 5) is 35.4. The van der Waals surface area contributed by atoms with E-state index in [1.807, 2.05) is 0 Å². The maximum absolute atomic E-state index is 12.2. The van der Waals surface area contributed by atoms with Crippen LogP contribution in [0.1, 0.15) is 34.1 Å². The number of nitrogens with zero attached hydrogens (tertiary/aromatic N) is 1. The van der Waals surface area contributed by atoms with Crippen molar-refractivity contribution in [3.05, 3.63) is 33.2 Å². The Morgan fingerprint density at radius 3 is 2.89 bits per heavy atom. The van der Waals surface area contributed by atoms with Crippen molar-refractivity contribution < 1.29 is 19.1 Å². The Hall–Kier alpha value is -1.95. The van der Waals surface area contributed by atoms with E-state index in [0.29, 0.717) is 29.8 Å². The molecule has 6 nitrogen and oxygen atoms in total. The van der Waals surface area contributed by atoms with Crippen molar-refractivity contribution in [2.75, 3.05) is 7.11 Å². The van der Waals surface area contributed by atoms with Crippen LogP contribution in [0.5, 0.6) is 0 Å². The van der Waals surface area contributed by atoms with Crippen molar-refractivity contribution in [2.45, 2.75) is 25.7 Å². The molecule has 0 aromatic carbocycles. The number of carbonyl (C=O) groups excluding carboxylic acids is 2. The number of fused-ring (bicyclic) bond motifs is 2. The van der Waals surface area contributed by atoms with Crippen LogP contribution in [0.3, 0.4) is 0 Å². The van der Waals surface area contributed by atoms with Crippen LogP contribution >= 0.6 is 0 Å². The Labute approximate surface area is 102 Å². The maximum Gasteiger partial charge on any atom is 0.340 e. The molecule has 1 aromatic heterocycles.